The van der Waals surface area contributed by atoms with Gasteiger partial charge in [-0.3, -0.25) is 4.79 Å². The summed E-state index contributed by atoms with van der Waals surface area (Å²) < 4.78 is 2.04. The first-order valence-electron chi connectivity index (χ1n) is 7.63. The molecule has 0 aliphatic heterocycles. The maximum Gasteiger partial charge on any atom is 0.234 e. The number of para-hydroxylation sites is 1. The van der Waals surface area contributed by atoms with Crippen LogP contribution in [0.1, 0.15) is 11.8 Å². The van der Waals surface area contributed by atoms with Gasteiger partial charge in [0.1, 0.15) is 0 Å². The number of aromatic nitrogens is 3. The minimum absolute atomic E-state index is 0.0511. The molecule has 0 fully saturated rings. The number of hydrogen-bond donors (Lipinski definition) is 1. The predicted octanol–water partition coefficient (Wildman–Crippen LogP) is 4.07. The van der Waals surface area contributed by atoms with E-state index in [1.165, 1.54) is 16.6 Å². The zero-order chi connectivity index (χ0) is 16.9. The number of thioether (sulfide) groups is 1. The number of carbonyl (C=O) groups is 1. The average Bonchev–Trinajstić information content (AvgIpc) is 3.19. The van der Waals surface area contributed by atoms with Gasteiger partial charge in [-0.05, 0) is 32.0 Å². The highest BCUT2D eigenvalue weighted by Crippen LogP contribution is 2.27. The number of nitrogens with zero attached hydrogens (tertiary/aromatic N) is 3. The maximum absolute atomic E-state index is 12.1. The second kappa shape index (κ2) is 7.63. The summed E-state index contributed by atoms with van der Waals surface area (Å²) in [7, 11) is 0. The van der Waals surface area contributed by atoms with Crippen molar-refractivity contribution < 1.29 is 4.79 Å². The molecule has 0 bridgehead atoms. The van der Waals surface area contributed by atoms with Gasteiger partial charge in [-0.1, -0.05) is 30.0 Å². The van der Waals surface area contributed by atoms with Crippen LogP contribution in [0.3, 0.4) is 0 Å². The molecule has 1 amide bonds. The topological polar surface area (TPSA) is 59.8 Å². The van der Waals surface area contributed by atoms with Crippen LogP contribution in [0.5, 0.6) is 0 Å². The van der Waals surface area contributed by atoms with E-state index in [0.29, 0.717) is 5.75 Å². The molecule has 2 aromatic heterocycles. The van der Waals surface area contributed by atoms with E-state index in [1.54, 1.807) is 11.3 Å². The fourth-order valence-corrected chi connectivity index (χ4v) is 3.79. The van der Waals surface area contributed by atoms with Crippen molar-refractivity contribution in [2.45, 2.75) is 25.5 Å². The van der Waals surface area contributed by atoms with Crippen molar-refractivity contribution in [1.29, 1.82) is 0 Å². The third kappa shape index (κ3) is 3.85. The lowest BCUT2D eigenvalue weighted by atomic mass is 10.3. The molecule has 2 heterocycles. The zero-order valence-corrected chi connectivity index (χ0v) is 15.2. The monoisotopic (exact) mass is 358 g/mol. The molecule has 0 saturated carbocycles. The Hall–Kier alpha value is -2.12. The Kier molecular flexibility index (Phi) is 5.32. The van der Waals surface area contributed by atoms with E-state index in [0.717, 1.165) is 28.8 Å². The van der Waals surface area contributed by atoms with Crippen molar-refractivity contribution in [3.63, 3.8) is 0 Å². The van der Waals surface area contributed by atoms with Gasteiger partial charge >= 0.3 is 0 Å². The zero-order valence-electron chi connectivity index (χ0n) is 13.5. The summed E-state index contributed by atoms with van der Waals surface area (Å²) in [5, 5.41) is 14.3. The molecule has 1 aromatic carbocycles. The second-order valence-electron chi connectivity index (χ2n) is 5.20. The van der Waals surface area contributed by atoms with Gasteiger partial charge in [0, 0.05) is 28.1 Å². The second-order valence-corrected chi connectivity index (χ2v) is 7.26. The number of hydrogen-bond acceptors (Lipinski definition) is 5. The number of amides is 1. The summed E-state index contributed by atoms with van der Waals surface area (Å²) >= 11 is 3.10. The fraction of sp³-hybridized carbons (Fsp3) is 0.235. The predicted molar refractivity (Wildman–Crippen MR) is 99.5 cm³/mol. The molecule has 0 unspecified atom stereocenters. The Morgan fingerprint density at radius 1 is 1.29 bits per heavy atom. The molecular formula is C17H18N4OS2. The number of aryl methyl sites for hydroxylation is 1. The van der Waals surface area contributed by atoms with Crippen molar-refractivity contribution in [3.8, 4) is 11.4 Å². The van der Waals surface area contributed by atoms with E-state index in [2.05, 4.69) is 40.8 Å². The number of nitrogens with one attached hydrogen (secondary N) is 1. The normalized spacial score (nSPS) is 10.8. The first-order chi connectivity index (χ1) is 11.7. The summed E-state index contributed by atoms with van der Waals surface area (Å²) in [6.07, 6.45) is 0. The lowest BCUT2D eigenvalue weighted by molar-refractivity contribution is -0.113. The van der Waals surface area contributed by atoms with E-state index in [1.807, 2.05) is 34.9 Å². The Balaban J connectivity index is 1.67. The SMILES string of the molecule is CCn1c(SCC(=O)Nc2ccccc2)nnc1-c1csc(C)c1. The Labute approximate surface area is 149 Å². The molecule has 0 atom stereocenters. The summed E-state index contributed by atoms with van der Waals surface area (Å²) in [6, 6.07) is 11.6. The molecule has 24 heavy (non-hydrogen) atoms. The van der Waals surface area contributed by atoms with E-state index in [9.17, 15) is 4.79 Å². The van der Waals surface area contributed by atoms with Gasteiger partial charge < -0.3 is 9.88 Å². The molecule has 124 valence electrons. The van der Waals surface area contributed by atoms with E-state index < -0.39 is 0 Å². The first kappa shape index (κ1) is 16.7. The van der Waals surface area contributed by atoms with Crippen LogP contribution in [0.15, 0.2) is 46.9 Å². The van der Waals surface area contributed by atoms with Crippen LogP contribution in [0.2, 0.25) is 0 Å². The molecule has 1 N–H and O–H groups in total. The minimum atomic E-state index is -0.0511. The lowest BCUT2D eigenvalue weighted by Crippen LogP contribution is -2.14. The van der Waals surface area contributed by atoms with Crippen molar-refractivity contribution in [2.24, 2.45) is 0 Å². The quantitative estimate of drug-likeness (QED) is 0.675. The van der Waals surface area contributed by atoms with E-state index in [4.69, 9.17) is 0 Å². The van der Waals surface area contributed by atoms with Gasteiger partial charge in [0.15, 0.2) is 11.0 Å². The van der Waals surface area contributed by atoms with Crippen LogP contribution in [0, 0.1) is 6.92 Å². The average molecular weight is 358 g/mol. The molecular weight excluding hydrogens is 340 g/mol. The Morgan fingerprint density at radius 2 is 2.08 bits per heavy atom. The molecule has 3 aromatic rings. The van der Waals surface area contributed by atoms with Gasteiger partial charge in [0.25, 0.3) is 0 Å². The van der Waals surface area contributed by atoms with Gasteiger partial charge in [0.05, 0.1) is 5.75 Å². The molecule has 5 nitrogen and oxygen atoms in total. The molecule has 3 rings (SSSR count). The van der Waals surface area contributed by atoms with Crippen molar-refractivity contribution in [1.82, 2.24) is 14.8 Å². The van der Waals surface area contributed by atoms with Crippen LogP contribution >= 0.6 is 23.1 Å². The fourth-order valence-electron chi connectivity index (χ4n) is 2.30. The minimum Gasteiger partial charge on any atom is -0.325 e. The van der Waals surface area contributed by atoms with E-state index >= 15 is 0 Å². The Bertz CT molecular complexity index is 826. The lowest BCUT2D eigenvalue weighted by Gasteiger charge is -2.07. The molecule has 7 heteroatoms. The molecule has 0 radical (unpaired) electrons. The highest BCUT2D eigenvalue weighted by atomic mass is 32.2. The van der Waals surface area contributed by atoms with Crippen LogP contribution in [-0.4, -0.2) is 26.4 Å². The molecule has 0 saturated heterocycles. The maximum atomic E-state index is 12.1. The van der Waals surface area contributed by atoms with Crippen molar-refractivity contribution in [3.05, 3.63) is 46.7 Å². The summed E-state index contributed by atoms with van der Waals surface area (Å²) in [4.78, 5) is 13.3. The van der Waals surface area contributed by atoms with Crippen LogP contribution in [0.25, 0.3) is 11.4 Å². The number of carbonyl (C=O) groups excluding carboxylic acids is 1. The number of rotatable bonds is 6. The van der Waals surface area contributed by atoms with Gasteiger partial charge in [-0.25, -0.2) is 0 Å². The van der Waals surface area contributed by atoms with Crippen LogP contribution in [0.4, 0.5) is 5.69 Å². The largest absolute Gasteiger partial charge is 0.325 e. The van der Waals surface area contributed by atoms with E-state index in [-0.39, 0.29) is 5.91 Å². The molecule has 0 aliphatic carbocycles. The molecule has 0 spiro atoms. The van der Waals surface area contributed by atoms with Crippen molar-refractivity contribution in [2.75, 3.05) is 11.1 Å². The van der Waals surface area contributed by atoms with Crippen LogP contribution in [-0.2, 0) is 11.3 Å². The third-order valence-electron chi connectivity index (χ3n) is 3.41. The van der Waals surface area contributed by atoms with Gasteiger partial charge in [-0.15, -0.1) is 21.5 Å². The summed E-state index contributed by atoms with van der Waals surface area (Å²) in [6.45, 7) is 4.89. The third-order valence-corrected chi connectivity index (χ3v) is 5.24. The smallest absolute Gasteiger partial charge is 0.234 e. The summed E-state index contributed by atoms with van der Waals surface area (Å²) in [5.41, 5.74) is 1.88. The highest BCUT2D eigenvalue weighted by Gasteiger charge is 2.15. The highest BCUT2D eigenvalue weighted by molar-refractivity contribution is 7.99. The first-order valence-corrected chi connectivity index (χ1v) is 9.50. The number of thiophene rings is 1. The van der Waals surface area contributed by atoms with Gasteiger partial charge in [-0.2, -0.15) is 0 Å². The van der Waals surface area contributed by atoms with Crippen LogP contribution < -0.4 is 5.32 Å². The van der Waals surface area contributed by atoms with Crippen molar-refractivity contribution >= 4 is 34.7 Å². The Morgan fingerprint density at radius 3 is 2.75 bits per heavy atom. The number of benzene rings is 1. The van der Waals surface area contributed by atoms with Gasteiger partial charge in [0.2, 0.25) is 5.91 Å². The standard InChI is InChI=1S/C17H18N4OS2/c1-3-21-16(13-9-12(2)23-10-13)19-20-17(21)24-11-15(22)18-14-7-5-4-6-8-14/h4-10H,3,11H2,1-2H3,(H,18,22). The summed E-state index contributed by atoms with van der Waals surface area (Å²) in [5.74, 6) is 1.10. The molecule has 0 aliphatic rings. The number of anilines is 1.